The third-order valence-electron chi connectivity index (χ3n) is 4.61. The highest BCUT2D eigenvalue weighted by atomic mass is 19.1. The van der Waals surface area contributed by atoms with Crippen molar-refractivity contribution in [3.05, 3.63) is 75.9 Å². The second-order valence-corrected chi connectivity index (χ2v) is 6.61. The number of carbonyl (C=O) groups is 1. The Kier molecular flexibility index (Phi) is 5.96. The van der Waals surface area contributed by atoms with Crippen molar-refractivity contribution in [2.75, 3.05) is 0 Å². The molecule has 0 spiro atoms. The van der Waals surface area contributed by atoms with Crippen LogP contribution in [0.15, 0.2) is 53.1 Å². The number of nitrogens with zero attached hydrogens (tertiary/aromatic N) is 3. The summed E-state index contributed by atoms with van der Waals surface area (Å²) in [7, 11) is 0. The second kappa shape index (κ2) is 8.59. The average Bonchev–Trinajstić information content (AvgIpc) is 3.21. The van der Waals surface area contributed by atoms with Gasteiger partial charge >= 0.3 is 0 Å². The van der Waals surface area contributed by atoms with Gasteiger partial charge in [-0.05, 0) is 24.1 Å². The van der Waals surface area contributed by atoms with Crippen LogP contribution in [0.1, 0.15) is 42.6 Å². The normalized spacial score (nSPS) is 12.9. The van der Waals surface area contributed by atoms with Crippen LogP contribution >= 0.6 is 0 Å². The molecule has 3 rings (SSSR count). The van der Waals surface area contributed by atoms with Crippen LogP contribution in [-0.2, 0) is 0 Å². The molecule has 0 unspecified atom stereocenters. The molecule has 1 aromatic heterocycles. The van der Waals surface area contributed by atoms with Crippen LogP contribution < -0.4 is 5.32 Å². The third kappa shape index (κ3) is 4.63. The maximum atomic E-state index is 13.4. The maximum Gasteiger partial charge on any atom is 0.270 e. The van der Waals surface area contributed by atoms with E-state index in [2.05, 4.69) is 15.5 Å². The van der Waals surface area contributed by atoms with Gasteiger partial charge in [-0.15, -0.1) is 0 Å². The van der Waals surface area contributed by atoms with Crippen molar-refractivity contribution < 1.29 is 18.6 Å². The first-order valence-corrected chi connectivity index (χ1v) is 9.04. The van der Waals surface area contributed by atoms with Crippen molar-refractivity contribution in [1.29, 1.82) is 0 Å². The van der Waals surface area contributed by atoms with E-state index < -0.39 is 22.7 Å². The number of hydrogen-bond donors (Lipinski definition) is 1. The standard InChI is InChI=1S/C20H19FN4O4/c1-3-12(2)17(22-19(26)14-7-4-8-15(21)10-14)20-23-18(24-29-20)13-6-5-9-16(11-13)25(27)28/h4-12,17H,3H2,1-2H3,(H,22,26)/t12-,17-/m1/s1. The molecule has 1 amide bonds. The van der Waals surface area contributed by atoms with Crippen molar-refractivity contribution in [3.8, 4) is 11.4 Å². The predicted octanol–water partition coefficient (Wildman–Crippen LogP) is 4.30. The largest absolute Gasteiger partial charge is 0.340 e. The van der Waals surface area contributed by atoms with Gasteiger partial charge in [0.25, 0.3) is 11.6 Å². The Balaban J connectivity index is 1.88. The molecule has 9 heteroatoms. The fourth-order valence-electron chi connectivity index (χ4n) is 2.77. The zero-order valence-corrected chi connectivity index (χ0v) is 15.8. The number of benzene rings is 2. The Morgan fingerprint density at radius 3 is 2.72 bits per heavy atom. The summed E-state index contributed by atoms with van der Waals surface area (Å²) in [6.45, 7) is 3.86. The molecule has 8 nitrogen and oxygen atoms in total. The minimum absolute atomic E-state index is 0.0501. The quantitative estimate of drug-likeness (QED) is 0.469. The van der Waals surface area contributed by atoms with Gasteiger partial charge in [0.2, 0.25) is 11.7 Å². The lowest BCUT2D eigenvalue weighted by atomic mass is 9.98. The Bertz CT molecular complexity index is 1040. The number of rotatable bonds is 7. The van der Waals surface area contributed by atoms with Gasteiger partial charge in [0.1, 0.15) is 11.9 Å². The number of carbonyl (C=O) groups excluding carboxylic acids is 1. The molecule has 29 heavy (non-hydrogen) atoms. The molecule has 2 aromatic carbocycles. The van der Waals surface area contributed by atoms with Gasteiger partial charge in [0.05, 0.1) is 4.92 Å². The van der Waals surface area contributed by atoms with E-state index in [1.165, 1.54) is 36.4 Å². The zero-order valence-electron chi connectivity index (χ0n) is 15.8. The van der Waals surface area contributed by atoms with Crippen molar-refractivity contribution in [1.82, 2.24) is 15.5 Å². The fourth-order valence-corrected chi connectivity index (χ4v) is 2.77. The zero-order chi connectivity index (χ0) is 21.0. The summed E-state index contributed by atoms with van der Waals surface area (Å²) in [4.78, 5) is 27.3. The lowest BCUT2D eigenvalue weighted by Gasteiger charge is -2.20. The number of halogens is 1. The van der Waals surface area contributed by atoms with Gasteiger partial charge in [-0.1, -0.05) is 43.6 Å². The molecule has 3 aromatic rings. The molecule has 0 saturated carbocycles. The molecular formula is C20H19FN4O4. The molecule has 0 radical (unpaired) electrons. The van der Waals surface area contributed by atoms with Crippen LogP contribution in [-0.4, -0.2) is 21.0 Å². The van der Waals surface area contributed by atoms with Gasteiger partial charge in [-0.25, -0.2) is 4.39 Å². The molecule has 0 bridgehead atoms. The molecule has 0 aliphatic heterocycles. The number of nitrogens with one attached hydrogen (secondary N) is 1. The summed E-state index contributed by atoms with van der Waals surface area (Å²) < 4.78 is 18.8. The number of nitro groups is 1. The summed E-state index contributed by atoms with van der Waals surface area (Å²) in [6.07, 6.45) is 0.711. The Morgan fingerprint density at radius 2 is 2.03 bits per heavy atom. The first kappa shape index (κ1) is 20.1. The topological polar surface area (TPSA) is 111 Å². The third-order valence-corrected chi connectivity index (χ3v) is 4.61. The van der Waals surface area contributed by atoms with Crippen molar-refractivity contribution >= 4 is 11.6 Å². The van der Waals surface area contributed by atoms with E-state index in [9.17, 15) is 19.3 Å². The molecule has 0 aliphatic rings. The first-order chi connectivity index (χ1) is 13.9. The molecule has 0 aliphatic carbocycles. The fraction of sp³-hybridized carbons (Fsp3) is 0.250. The number of nitro benzene ring substituents is 1. The maximum absolute atomic E-state index is 13.4. The summed E-state index contributed by atoms with van der Waals surface area (Å²) in [5.74, 6) is -0.679. The van der Waals surface area contributed by atoms with Crippen molar-refractivity contribution in [3.63, 3.8) is 0 Å². The molecule has 2 atom stereocenters. The average molecular weight is 398 g/mol. The van der Waals surface area contributed by atoms with Crippen molar-refractivity contribution in [2.24, 2.45) is 5.92 Å². The smallest absolute Gasteiger partial charge is 0.270 e. The number of hydrogen-bond acceptors (Lipinski definition) is 6. The van der Waals surface area contributed by atoms with E-state index in [4.69, 9.17) is 4.52 Å². The number of amides is 1. The minimum Gasteiger partial charge on any atom is -0.340 e. The summed E-state index contributed by atoms with van der Waals surface area (Å²) in [6, 6.07) is 10.6. The second-order valence-electron chi connectivity index (χ2n) is 6.61. The first-order valence-electron chi connectivity index (χ1n) is 9.04. The molecule has 1 heterocycles. The van der Waals surface area contributed by atoms with Crippen LogP contribution in [0.4, 0.5) is 10.1 Å². The van der Waals surface area contributed by atoms with Gasteiger partial charge in [0, 0.05) is 23.3 Å². The number of non-ortho nitro benzene ring substituents is 1. The van der Waals surface area contributed by atoms with Gasteiger partial charge in [0.15, 0.2) is 0 Å². The molecule has 150 valence electrons. The minimum atomic E-state index is -0.601. The highest BCUT2D eigenvalue weighted by Gasteiger charge is 2.27. The van der Waals surface area contributed by atoms with Crippen LogP contribution in [0.5, 0.6) is 0 Å². The lowest BCUT2D eigenvalue weighted by Crippen LogP contribution is -2.32. The van der Waals surface area contributed by atoms with Crippen LogP contribution in [0.25, 0.3) is 11.4 Å². The number of aromatic nitrogens is 2. The van der Waals surface area contributed by atoms with Crippen molar-refractivity contribution in [2.45, 2.75) is 26.3 Å². The highest BCUT2D eigenvalue weighted by Crippen LogP contribution is 2.27. The van der Waals surface area contributed by atoms with E-state index >= 15 is 0 Å². The molecule has 1 N–H and O–H groups in total. The van der Waals surface area contributed by atoms with E-state index in [-0.39, 0.29) is 28.9 Å². The lowest BCUT2D eigenvalue weighted by molar-refractivity contribution is -0.384. The summed E-state index contributed by atoms with van der Waals surface area (Å²) in [5.41, 5.74) is 0.511. The Hall–Kier alpha value is -3.62. The Labute approximate surface area is 165 Å². The summed E-state index contributed by atoms with van der Waals surface area (Å²) in [5, 5.41) is 17.7. The molecule has 0 saturated heterocycles. The van der Waals surface area contributed by atoms with Crippen LogP contribution in [0, 0.1) is 21.8 Å². The van der Waals surface area contributed by atoms with Crippen LogP contribution in [0.3, 0.4) is 0 Å². The molecular weight excluding hydrogens is 379 g/mol. The molecule has 0 fully saturated rings. The monoisotopic (exact) mass is 398 g/mol. The van der Waals surface area contributed by atoms with E-state index in [1.807, 2.05) is 13.8 Å². The highest BCUT2D eigenvalue weighted by molar-refractivity contribution is 5.94. The van der Waals surface area contributed by atoms with Crippen LogP contribution in [0.2, 0.25) is 0 Å². The van der Waals surface area contributed by atoms with E-state index in [1.54, 1.807) is 6.07 Å². The Morgan fingerprint density at radius 1 is 1.28 bits per heavy atom. The summed E-state index contributed by atoms with van der Waals surface area (Å²) >= 11 is 0. The van der Waals surface area contributed by atoms with Gasteiger partial charge in [-0.3, -0.25) is 14.9 Å². The van der Waals surface area contributed by atoms with E-state index in [0.717, 1.165) is 6.07 Å². The van der Waals surface area contributed by atoms with Gasteiger partial charge < -0.3 is 9.84 Å². The van der Waals surface area contributed by atoms with Gasteiger partial charge in [-0.2, -0.15) is 4.98 Å². The predicted molar refractivity (Wildman–Crippen MR) is 102 cm³/mol. The van der Waals surface area contributed by atoms with E-state index in [0.29, 0.717) is 12.0 Å². The SMILES string of the molecule is CC[C@@H](C)[C@@H](NC(=O)c1cccc(F)c1)c1nc(-c2cccc([N+](=O)[O-])c2)no1.